The van der Waals surface area contributed by atoms with Crippen LogP contribution in [-0.2, 0) is 6.54 Å². The molecule has 2 aromatic rings. The van der Waals surface area contributed by atoms with Crippen LogP contribution < -0.4 is 11.3 Å². The Kier molecular flexibility index (Phi) is 3.06. The van der Waals surface area contributed by atoms with Crippen LogP contribution in [0.25, 0.3) is 11.3 Å². The van der Waals surface area contributed by atoms with E-state index in [0.29, 0.717) is 6.54 Å². The summed E-state index contributed by atoms with van der Waals surface area (Å²) in [6.07, 6.45) is 0. The second kappa shape index (κ2) is 4.51. The first-order chi connectivity index (χ1) is 8.11. The van der Waals surface area contributed by atoms with Gasteiger partial charge in [0.2, 0.25) is 0 Å². The number of rotatable bonds is 2. The molecule has 0 spiro atoms. The van der Waals surface area contributed by atoms with Crippen molar-refractivity contribution in [2.24, 2.45) is 5.73 Å². The van der Waals surface area contributed by atoms with Crippen molar-refractivity contribution in [2.75, 3.05) is 0 Å². The fraction of sp³-hybridized carbons (Fsp3) is 0.231. The molecule has 1 aromatic heterocycles. The van der Waals surface area contributed by atoms with Gasteiger partial charge in [0.05, 0.1) is 5.69 Å². The smallest absolute Gasteiger partial charge is 0.264 e. The van der Waals surface area contributed by atoms with Gasteiger partial charge in [-0.1, -0.05) is 12.1 Å². The molecule has 2 rings (SSSR count). The van der Waals surface area contributed by atoms with Crippen LogP contribution in [0.2, 0.25) is 0 Å². The van der Waals surface area contributed by atoms with Gasteiger partial charge in [0.15, 0.2) is 0 Å². The summed E-state index contributed by atoms with van der Waals surface area (Å²) in [5.74, 6) is 0. The summed E-state index contributed by atoms with van der Waals surface area (Å²) in [4.78, 5) is 11.2. The van der Waals surface area contributed by atoms with Crippen molar-refractivity contribution in [1.82, 2.24) is 10.2 Å². The number of aromatic nitrogens is 2. The molecule has 17 heavy (non-hydrogen) atoms. The first-order valence-electron chi connectivity index (χ1n) is 5.48. The molecule has 0 amide bonds. The third kappa shape index (κ3) is 2.26. The Hall–Kier alpha value is -1.94. The Morgan fingerprint density at radius 1 is 1.24 bits per heavy atom. The molecular formula is C13H15N3O. The number of nitrogens with one attached hydrogen (secondary N) is 1. The fourth-order valence-electron chi connectivity index (χ4n) is 1.74. The Balaban J connectivity index is 2.59. The maximum absolute atomic E-state index is 11.2. The molecule has 0 aliphatic heterocycles. The molecule has 0 aliphatic rings. The first kappa shape index (κ1) is 11.5. The maximum atomic E-state index is 11.2. The van der Waals surface area contributed by atoms with Crippen LogP contribution in [0.1, 0.15) is 16.7 Å². The zero-order valence-electron chi connectivity index (χ0n) is 9.95. The Labute approximate surface area is 99.5 Å². The van der Waals surface area contributed by atoms with E-state index in [1.54, 1.807) is 0 Å². The number of benzene rings is 1. The molecule has 3 N–H and O–H groups in total. The Morgan fingerprint density at radius 3 is 2.65 bits per heavy atom. The standard InChI is InChI=1S/C13H15N3O/c1-8-3-4-10(5-9(8)2)13-11(7-14)6-12(17)15-16-13/h3-6H,7,14H2,1-2H3,(H,15,17). The van der Waals surface area contributed by atoms with Gasteiger partial charge in [-0.25, -0.2) is 5.10 Å². The van der Waals surface area contributed by atoms with Crippen LogP contribution in [0.15, 0.2) is 29.1 Å². The predicted molar refractivity (Wildman–Crippen MR) is 67.7 cm³/mol. The van der Waals surface area contributed by atoms with Crippen molar-refractivity contribution < 1.29 is 0 Å². The van der Waals surface area contributed by atoms with Gasteiger partial charge in [-0.3, -0.25) is 4.79 Å². The third-order valence-electron chi connectivity index (χ3n) is 2.89. The molecule has 0 saturated heterocycles. The van der Waals surface area contributed by atoms with Crippen molar-refractivity contribution in [3.8, 4) is 11.3 Å². The molecule has 0 aliphatic carbocycles. The van der Waals surface area contributed by atoms with E-state index in [2.05, 4.69) is 23.2 Å². The van der Waals surface area contributed by atoms with Gasteiger partial charge < -0.3 is 5.73 Å². The SMILES string of the molecule is Cc1ccc(-c2n[nH]c(=O)cc2CN)cc1C. The number of H-pyrrole nitrogens is 1. The van der Waals surface area contributed by atoms with Gasteiger partial charge in [-0.2, -0.15) is 5.10 Å². The second-order valence-corrected chi connectivity index (χ2v) is 4.11. The Bertz CT molecular complexity index is 602. The highest BCUT2D eigenvalue weighted by Crippen LogP contribution is 2.22. The van der Waals surface area contributed by atoms with Crippen molar-refractivity contribution in [2.45, 2.75) is 20.4 Å². The van der Waals surface area contributed by atoms with Gasteiger partial charge >= 0.3 is 0 Å². The molecule has 0 fully saturated rings. The molecule has 1 heterocycles. The molecule has 0 saturated carbocycles. The van der Waals surface area contributed by atoms with Gasteiger partial charge in [-0.05, 0) is 36.6 Å². The lowest BCUT2D eigenvalue weighted by Gasteiger charge is -2.07. The molecule has 4 nitrogen and oxygen atoms in total. The first-order valence-corrected chi connectivity index (χ1v) is 5.48. The monoisotopic (exact) mass is 229 g/mol. The van der Waals surface area contributed by atoms with Crippen LogP contribution in [-0.4, -0.2) is 10.2 Å². The van der Waals surface area contributed by atoms with Crippen LogP contribution >= 0.6 is 0 Å². The molecule has 0 atom stereocenters. The lowest BCUT2D eigenvalue weighted by Crippen LogP contribution is -2.12. The zero-order valence-corrected chi connectivity index (χ0v) is 9.95. The second-order valence-electron chi connectivity index (χ2n) is 4.11. The number of nitrogens with zero attached hydrogens (tertiary/aromatic N) is 1. The van der Waals surface area contributed by atoms with Crippen molar-refractivity contribution >= 4 is 0 Å². The quantitative estimate of drug-likeness (QED) is 0.820. The molecule has 0 bridgehead atoms. The van der Waals surface area contributed by atoms with Gasteiger partial charge in [0.1, 0.15) is 0 Å². The summed E-state index contributed by atoms with van der Waals surface area (Å²) in [5, 5.41) is 6.52. The number of nitrogens with two attached hydrogens (primary N) is 1. The lowest BCUT2D eigenvalue weighted by atomic mass is 10.0. The predicted octanol–water partition coefficient (Wildman–Crippen LogP) is 1.51. The van der Waals surface area contributed by atoms with Crippen molar-refractivity contribution in [3.05, 3.63) is 51.3 Å². The van der Waals surface area contributed by atoms with E-state index in [9.17, 15) is 4.79 Å². The topological polar surface area (TPSA) is 71.8 Å². The molecular weight excluding hydrogens is 214 g/mol. The third-order valence-corrected chi connectivity index (χ3v) is 2.89. The van der Waals surface area contributed by atoms with Gasteiger partial charge in [0.25, 0.3) is 5.56 Å². The summed E-state index contributed by atoms with van der Waals surface area (Å²) in [5.41, 5.74) is 10.3. The van der Waals surface area contributed by atoms with Crippen LogP contribution in [0.3, 0.4) is 0 Å². The van der Waals surface area contributed by atoms with Crippen molar-refractivity contribution in [3.63, 3.8) is 0 Å². The highest BCUT2D eigenvalue weighted by atomic mass is 16.1. The van der Waals surface area contributed by atoms with E-state index in [1.165, 1.54) is 17.2 Å². The van der Waals surface area contributed by atoms with Gasteiger partial charge in [-0.15, -0.1) is 0 Å². The van der Waals surface area contributed by atoms with E-state index in [0.717, 1.165) is 16.8 Å². The maximum Gasteiger partial charge on any atom is 0.264 e. The van der Waals surface area contributed by atoms with E-state index >= 15 is 0 Å². The van der Waals surface area contributed by atoms with Crippen LogP contribution in [0.4, 0.5) is 0 Å². The van der Waals surface area contributed by atoms with Crippen LogP contribution in [0.5, 0.6) is 0 Å². The number of aryl methyl sites for hydroxylation is 2. The fourth-order valence-corrected chi connectivity index (χ4v) is 1.74. The summed E-state index contributed by atoms with van der Waals surface area (Å²) in [6.45, 7) is 4.41. The lowest BCUT2D eigenvalue weighted by molar-refractivity contribution is 0.944. The van der Waals surface area contributed by atoms with E-state index in [1.807, 2.05) is 19.1 Å². The minimum Gasteiger partial charge on any atom is -0.326 e. The Morgan fingerprint density at radius 2 is 2.00 bits per heavy atom. The summed E-state index contributed by atoms with van der Waals surface area (Å²) >= 11 is 0. The molecule has 1 aromatic carbocycles. The van der Waals surface area contributed by atoms with E-state index < -0.39 is 0 Å². The minimum atomic E-state index is -0.224. The zero-order chi connectivity index (χ0) is 12.4. The highest BCUT2D eigenvalue weighted by molar-refractivity contribution is 5.63. The summed E-state index contributed by atoms with van der Waals surface area (Å²) in [7, 11) is 0. The molecule has 0 unspecified atom stereocenters. The minimum absolute atomic E-state index is 0.224. The largest absolute Gasteiger partial charge is 0.326 e. The highest BCUT2D eigenvalue weighted by Gasteiger charge is 2.07. The number of hydrogen-bond donors (Lipinski definition) is 2. The van der Waals surface area contributed by atoms with Gasteiger partial charge in [0, 0.05) is 18.2 Å². The number of aromatic amines is 1. The average Bonchev–Trinajstić information content (AvgIpc) is 2.32. The molecule has 4 heteroatoms. The molecule has 88 valence electrons. The normalized spacial score (nSPS) is 10.5. The number of hydrogen-bond acceptors (Lipinski definition) is 3. The van der Waals surface area contributed by atoms with Crippen LogP contribution in [0, 0.1) is 13.8 Å². The summed E-state index contributed by atoms with van der Waals surface area (Å²) in [6, 6.07) is 7.58. The summed E-state index contributed by atoms with van der Waals surface area (Å²) < 4.78 is 0. The van der Waals surface area contributed by atoms with E-state index in [4.69, 9.17) is 5.73 Å². The molecule has 0 radical (unpaired) electrons. The van der Waals surface area contributed by atoms with E-state index in [-0.39, 0.29) is 5.56 Å². The van der Waals surface area contributed by atoms with Crippen molar-refractivity contribution in [1.29, 1.82) is 0 Å². The average molecular weight is 229 g/mol.